The van der Waals surface area contributed by atoms with Gasteiger partial charge in [-0.1, -0.05) is 53.0 Å². The van der Waals surface area contributed by atoms with Gasteiger partial charge < -0.3 is 0 Å². The van der Waals surface area contributed by atoms with Crippen molar-refractivity contribution in [1.29, 1.82) is 0 Å². The Kier molecular flexibility index (Phi) is 5.21. The van der Waals surface area contributed by atoms with Crippen molar-refractivity contribution in [2.75, 3.05) is 5.43 Å². The van der Waals surface area contributed by atoms with E-state index >= 15 is 0 Å². The fourth-order valence-electron chi connectivity index (χ4n) is 1.59. The lowest BCUT2D eigenvalue weighted by Gasteiger charge is -2.11. The van der Waals surface area contributed by atoms with Crippen molar-refractivity contribution in [3.05, 3.63) is 62.6 Å². The maximum absolute atomic E-state index is 12.6. The van der Waals surface area contributed by atoms with Crippen LogP contribution in [-0.2, 0) is 6.18 Å². The Balaban J connectivity index is 2.22. The molecule has 22 heavy (non-hydrogen) atoms. The van der Waals surface area contributed by atoms with Gasteiger partial charge in [0, 0.05) is 10.6 Å². The number of anilines is 1. The van der Waals surface area contributed by atoms with E-state index in [9.17, 15) is 13.2 Å². The van der Waals surface area contributed by atoms with Crippen LogP contribution in [0.5, 0.6) is 0 Å². The van der Waals surface area contributed by atoms with Gasteiger partial charge in [-0.3, -0.25) is 5.43 Å². The Morgan fingerprint density at radius 2 is 1.55 bits per heavy atom. The van der Waals surface area contributed by atoms with Crippen molar-refractivity contribution in [1.82, 2.24) is 0 Å². The zero-order chi connectivity index (χ0) is 16.3. The van der Waals surface area contributed by atoms with E-state index in [0.29, 0.717) is 10.6 Å². The monoisotopic (exact) mass is 366 g/mol. The average molecular weight is 368 g/mol. The van der Waals surface area contributed by atoms with Crippen LogP contribution in [0.4, 0.5) is 18.9 Å². The quantitative estimate of drug-likeness (QED) is 0.513. The molecule has 0 aromatic heterocycles. The second-order valence-corrected chi connectivity index (χ2v) is 5.43. The van der Waals surface area contributed by atoms with Crippen LogP contribution in [0.15, 0.2) is 41.5 Å². The van der Waals surface area contributed by atoms with Crippen LogP contribution in [0.2, 0.25) is 15.1 Å². The predicted octanol–water partition coefficient (Wildman–Crippen LogP) is 6.11. The van der Waals surface area contributed by atoms with Gasteiger partial charge in [0.25, 0.3) is 0 Å². The molecule has 0 aliphatic rings. The Hall–Kier alpha value is -1.43. The fourth-order valence-corrected chi connectivity index (χ4v) is 2.35. The van der Waals surface area contributed by atoms with Gasteiger partial charge in [-0.05, 0) is 18.2 Å². The van der Waals surface area contributed by atoms with Crippen LogP contribution >= 0.6 is 34.8 Å². The summed E-state index contributed by atoms with van der Waals surface area (Å²) in [6, 6.07) is 8.49. The van der Waals surface area contributed by atoms with Gasteiger partial charge in [-0.15, -0.1) is 0 Å². The molecule has 0 bridgehead atoms. The summed E-state index contributed by atoms with van der Waals surface area (Å²) < 4.78 is 37.8. The lowest BCUT2D eigenvalue weighted by molar-refractivity contribution is -0.137. The van der Waals surface area contributed by atoms with Gasteiger partial charge in [0.1, 0.15) is 0 Å². The van der Waals surface area contributed by atoms with E-state index in [0.717, 1.165) is 12.1 Å². The van der Waals surface area contributed by atoms with Gasteiger partial charge in [-0.25, -0.2) is 0 Å². The van der Waals surface area contributed by atoms with Gasteiger partial charge in [0.2, 0.25) is 0 Å². The number of halogens is 6. The summed E-state index contributed by atoms with van der Waals surface area (Å²) in [5.41, 5.74) is 2.31. The maximum Gasteiger partial charge on any atom is 0.416 e. The molecule has 0 atom stereocenters. The molecule has 1 N–H and O–H groups in total. The molecule has 0 spiro atoms. The topological polar surface area (TPSA) is 24.4 Å². The van der Waals surface area contributed by atoms with E-state index in [2.05, 4.69) is 10.5 Å². The molecule has 0 heterocycles. The molecule has 0 aliphatic carbocycles. The number of alkyl halides is 3. The Morgan fingerprint density at radius 1 is 0.955 bits per heavy atom. The highest BCUT2D eigenvalue weighted by atomic mass is 35.5. The fraction of sp³-hybridized carbons (Fsp3) is 0.0714. The molecule has 2 rings (SSSR count). The molecule has 0 saturated heterocycles. The molecule has 8 heteroatoms. The van der Waals surface area contributed by atoms with E-state index in [1.165, 1.54) is 6.21 Å². The molecular formula is C14H8Cl3F3N2. The van der Waals surface area contributed by atoms with Gasteiger partial charge in [0.15, 0.2) is 0 Å². The number of nitrogens with zero attached hydrogens (tertiary/aromatic N) is 1. The van der Waals surface area contributed by atoms with Crippen LogP contribution < -0.4 is 5.43 Å². The molecule has 116 valence electrons. The minimum absolute atomic E-state index is 0.0830. The van der Waals surface area contributed by atoms with Crippen LogP contribution in [0, 0.1) is 0 Å². The number of hydrogen-bond donors (Lipinski definition) is 1. The van der Waals surface area contributed by atoms with Crippen LogP contribution in [0.3, 0.4) is 0 Å². The number of benzene rings is 2. The SMILES string of the molecule is FC(F)(F)c1cc(Cl)c(NN=Cc2ccccc2Cl)c(Cl)c1. The van der Waals surface area contributed by atoms with E-state index < -0.39 is 11.7 Å². The molecule has 0 radical (unpaired) electrons. The maximum atomic E-state index is 12.6. The minimum Gasteiger partial charge on any atom is -0.275 e. The summed E-state index contributed by atoms with van der Waals surface area (Å²) >= 11 is 17.6. The Morgan fingerprint density at radius 3 is 2.09 bits per heavy atom. The molecule has 2 aromatic carbocycles. The minimum atomic E-state index is -4.52. The molecule has 0 unspecified atom stereocenters. The van der Waals surface area contributed by atoms with E-state index in [4.69, 9.17) is 34.8 Å². The lowest BCUT2D eigenvalue weighted by Crippen LogP contribution is -2.05. The summed E-state index contributed by atoms with van der Waals surface area (Å²) in [5, 5.41) is 3.99. The third-order valence-electron chi connectivity index (χ3n) is 2.65. The van der Waals surface area contributed by atoms with Crippen LogP contribution in [0.1, 0.15) is 11.1 Å². The summed E-state index contributed by atoms with van der Waals surface area (Å²) in [6.07, 6.45) is -3.11. The first kappa shape index (κ1) is 16.9. The lowest BCUT2D eigenvalue weighted by atomic mass is 10.2. The third kappa shape index (κ3) is 4.06. The number of rotatable bonds is 3. The Bertz CT molecular complexity index is 692. The second kappa shape index (κ2) is 6.77. The van der Waals surface area contributed by atoms with E-state index in [1.807, 2.05) is 0 Å². The highest BCUT2D eigenvalue weighted by Crippen LogP contribution is 2.38. The van der Waals surface area contributed by atoms with Crippen molar-refractivity contribution < 1.29 is 13.2 Å². The van der Waals surface area contributed by atoms with Gasteiger partial charge in [0.05, 0.1) is 27.5 Å². The standard InChI is InChI=1S/C14H8Cl3F3N2/c15-10-4-2-1-3-8(10)7-21-22-13-11(16)5-9(6-12(13)17)14(18,19)20/h1-7,22H. The van der Waals surface area contributed by atoms with Crippen LogP contribution in [-0.4, -0.2) is 6.21 Å². The number of nitrogens with one attached hydrogen (secondary N) is 1. The molecule has 0 fully saturated rings. The van der Waals surface area contributed by atoms with Crippen molar-refractivity contribution in [3.8, 4) is 0 Å². The molecule has 2 aromatic rings. The number of hydrazone groups is 1. The third-order valence-corrected chi connectivity index (χ3v) is 3.60. The van der Waals surface area contributed by atoms with Gasteiger partial charge in [-0.2, -0.15) is 18.3 Å². The van der Waals surface area contributed by atoms with Crippen molar-refractivity contribution in [3.63, 3.8) is 0 Å². The summed E-state index contributed by atoms with van der Waals surface area (Å²) in [5.74, 6) is 0. The normalized spacial score (nSPS) is 11.9. The zero-order valence-electron chi connectivity index (χ0n) is 10.8. The summed E-state index contributed by atoms with van der Waals surface area (Å²) in [6.45, 7) is 0. The predicted molar refractivity (Wildman–Crippen MR) is 84.1 cm³/mol. The highest BCUT2D eigenvalue weighted by Gasteiger charge is 2.32. The molecule has 0 amide bonds. The van der Waals surface area contributed by atoms with Gasteiger partial charge >= 0.3 is 6.18 Å². The molecule has 2 nitrogen and oxygen atoms in total. The highest BCUT2D eigenvalue weighted by molar-refractivity contribution is 6.39. The van der Waals surface area contributed by atoms with Crippen molar-refractivity contribution in [2.24, 2.45) is 5.10 Å². The zero-order valence-corrected chi connectivity index (χ0v) is 13.0. The van der Waals surface area contributed by atoms with Crippen molar-refractivity contribution in [2.45, 2.75) is 6.18 Å². The summed E-state index contributed by atoms with van der Waals surface area (Å²) in [7, 11) is 0. The first-order chi connectivity index (χ1) is 10.3. The second-order valence-electron chi connectivity index (χ2n) is 4.20. The Labute approximate surface area is 139 Å². The molecule has 0 saturated carbocycles. The average Bonchev–Trinajstić information content (AvgIpc) is 2.42. The van der Waals surface area contributed by atoms with Crippen LogP contribution in [0.25, 0.3) is 0 Å². The largest absolute Gasteiger partial charge is 0.416 e. The molecular weight excluding hydrogens is 360 g/mol. The number of hydrogen-bond acceptors (Lipinski definition) is 2. The summed E-state index contributed by atoms with van der Waals surface area (Å²) in [4.78, 5) is 0. The van der Waals surface area contributed by atoms with E-state index in [1.54, 1.807) is 24.3 Å². The smallest absolute Gasteiger partial charge is 0.275 e. The molecule has 0 aliphatic heterocycles. The van der Waals surface area contributed by atoms with Crippen molar-refractivity contribution >= 4 is 46.7 Å². The first-order valence-electron chi connectivity index (χ1n) is 5.89. The first-order valence-corrected chi connectivity index (χ1v) is 7.02. The van der Waals surface area contributed by atoms with E-state index in [-0.39, 0.29) is 15.7 Å².